The van der Waals surface area contributed by atoms with Gasteiger partial charge in [-0.05, 0) is 19.8 Å². The second-order valence-electron chi connectivity index (χ2n) is 5.21. The molecule has 3 N–H and O–H groups in total. The van der Waals surface area contributed by atoms with Gasteiger partial charge in [-0.2, -0.15) is 0 Å². The summed E-state index contributed by atoms with van der Waals surface area (Å²) in [6.45, 7) is 3.04. The summed E-state index contributed by atoms with van der Waals surface area (Å²) in [6.07, 6.45) is 3.54. The summed E-state index contributed by atoms with van der Waals surface area (Å²) in [7, 11) is 0. The fraction of sp³-hybridized carbons (Fsp3) is 0.667. The van der Waals surface area contributed by atoms with Crippen molar-refractivity contribution in [2.24, 2.45) is 5.73 Å². The Bertz CT molecular complexity index is 493. The summed E-state index contributed by atoms with van der Waals surface area (Å²) in [5, 5.41) is 16.1. The van der Waals surface area contributed by atoms with Gasteiger partial charge < -0.3 is 15.7 Å². The van der Waals surface area contributed by atoms with E-state index in [9.17, 15) is 9.59 Å². The highest BCUT2D eigenvalue weighted by Gasteiger charge is 2.32. The van der Waals surface area contributed by atoms with Crippen LogP contribution in [0.3, 0.4) is 0 Å². The number of aromatic carboxylic acids is 1. The van der Waals surface area contributed by atoms with E-state index in [2.05, 4.69) is 10.3 Å². The quantitative estimate of drug-likeness (QED) is 0.751. The highest BCUT2D eigenvalue weighted by atomic mass is 16.4. The van der Waals surface area contributed by atoms with Gasteiger partial charge in [-0.25, -0.2) is 9.48 Å². The SMILES string of the molecule is CC(N)CCCC(=O)N1CC(n2cc(C(=O)O)nn2)C1. The van der Waals surface area contributed by atoms with Gasteiger partial charge in [0, 0.05) is 25.6 Å². The maximum absolute atomic E-state index is 11.8. The summed E-state index contributed by atoms with van der Waals surface area (Å²) >= 11 is 0. The van der Waals surface area contributed by atoms with Gasteiger partial charge >= 0.3 is 5.97 Å². The predicted molar refractivity (Wildman–Crippen MR) is 70.1 cm³/mol. The van der Waals surface area contributed by atoms with E-state index in [1.165, 1.54) is 10.9 Å². The van der Waals surface area contributed by atoms with Crippen LogP contribution in [0.5, 0.6) is 0 Å². The molecule has 8 heteroatoms. The van der Waals surface area contributed by atoms with Crippen molar-refractivity contribution in [1.29, 1.82) is 0 Å². The molecule has 0 aromatic carbocycles. The molecule has 0 bridgehead atoms. The molecular weight excluding hydrogens is 262 g/mol. The predicted octanol–water partition coefficient (Wildman–Crippen LogP) is -0.123. The van der Waals surface area contributed by atoms with E-state index in [1.54, 1.807) is 4.90 Å². The third-order valence-electron chi connectivity index (χ3n) is 3.37. The fourth-order valence-electron chi connectivity index (χ4n) is 2.11. The Balaban J connectivity index is 1.76. The molecule has 1 saturated heterocycles. The molecule has 1 aromatic heterocycles. The largest absolute Gasteiger partial charge is 0.476 e. The zero-order chi connectivity index (χ0) is 14.7. The number of likely N-dealkylation sites (tertiary alicyclic amines) is 1. The third-order valence-corrected chi connectivity index (χ3v) is 3.37. The molecule has 1 fully saturated rings. The van der Waals surface area contributed by atoms with E-state index in [0.717, 1.165) is 12.8 Å². The molecule has 1 atom stereocenters. The number of amides is 1. The second kappa shape index (κ2) is 6.00. The summed E-state index contributed by atoms with van der Waals surface area (Å²) in [5.41, 5.74) is 5.56. The average molecular weight is 281 g/mol. The van der Waals surface area contributed by atoms with Gasteiger partial charge in [-0.3, -0.25) is 4.79 Å². The first-order valence-electron chi connectivity index (χ1n) is 6.66. The first kappa shape index (κ1) is 14.4. The zero-order valence-electron chi connectivity index (χ0n) is 11.4. The molecule has 0 saturated carbocycles. The number of aromatic nitrogens is 3. The van der Waals surface area contributed by atoms with Crippen LogP contribution in [0.25, 0.3) is 0 Å². The average Bonchev–Trinajstić information content (AvgIpc) is 2.75. The minimum atomic E-state index is -1.10. The monoisotopic (exact) mass is 281 g/mol. The number of carboxylic acids is 1. The summed E-state index contributed by atoms with van der Waals surface area (Å²) < 4.78 is 1.51. The molecule has 1 aliphatic heterocycles. The van der Waals surface area contributed by atoms with Gasteiger partial charge in [0.1, 0.15) is 0 Å². The lowest BCUT2D eigenvalue weighted by molar-refractivity contribution is -0.137. The highest BCUT2D eigenvalue weighted by Crippen LogP contribution is 2.21. The van der Waals surface area contributed by atoms with Crippen molar-refractivity contribution in [2.45, 2.75) is 38.3 Å². The van der Waals surface area contributed by atoms with E-state index >= 15 is 0 Å². The maximum Gasteiger partial charge on any atom is 0.358 e. The molecule has 1 amide bonds. The van der Waals surface area contributed by atoms with Crippen molar-refractivity contribution in [3.05, 3.63) is 11.9 Å². The van der Waals surface area contributed by atoms with Gasteiger partial charge in [-0.15, -0.1) is 5.10 Å². The van der Waals surface area contributed by atoms with Crippen LogP contribution >= 0.6 is 0 Å². The molecular formula is C12H19N5O3. The lowest BCUT2D eigenvalue weighted by atomic mass is 10.1. The summed E-state index contributed by atoms with van der Waals surface area (Å²) in [4.78, 5) is 24.3. The number of carbonyl (C=O) groups is 2. The van der Waals surface area contributed by atoms with Crippen molar-refractivity contribution in [2.75, 3.05) is 13.1 Å². The molecule has 0 aliphatic carbocycles. The van der Waals surface area contributed by atoms with Crippen LogP contribution in [0.4, 0.5) is 0 Å². The molecule has 110 valence electrons. The standard InChI is InChI=1S/C12H19N5O3/c1-8(13)3-2-4-11(18)16-5-9(6-16)17-7-10(12(19)20)14-15-17/h7-9H,2-6,13H2,1H3,(H,19,20). The van der Waals surface area contributed by atoms with E-state index in [1.807, 2.05) is 6.92 Å². The Labute approximate surface area is 116 Å². The van der Waals surface area contributed by atoms with Crippen LogP contribution < -0.4 is 5.73 Å². The topological polar surface area (TPSA) is 114 Å². The van der Waals surface area contributed by atoms with E-state index in [-0.39, 0.29) is 23.7 Å². The Morgan fingerprint density at radius 2 is 2.25 bits per heavy atom. The molecule has 0 radical (unpaired) electrons. The van der Waals surface area contributed by atoms with E-state index < -0.39 is 5.97 Å². The van der Waals surface area contributed by atoms with Gasteiger partial charge in [0.25, 0.3) is 0 Å². The Hall–Kier alpha value is -1.96. The minimum absolute atomic E-state index is 0.0213. The zero-order valence-corrected chi connectivity index (χ0v) is 11.4. The minimum Gasteiger partial charge on any atom is -0.476 e. The van der Waals surface area contributed by atoms with Crippen LogP contribution in [0.15, 0.2) is 6.20 Å². The van der Waals surface area contributed by atoms with Crippen molar-refractivity contribution >= 4 is 11.9 Å². The molecule has 20 heavy (non-hydrogen) atoms. The molecule has 0 spiro atoms. The fourth-order valence-corrected chi connectivity index (χ4v) is 2.11. The maximum atomic E-state index is 11.8. The number of hydrogen-bond acceptors (Lipinski definition) is 5. The number of hydrogen-bond donors (Lipinski definition) is 2. The van der Waals surface area contributed by atoms with Gasteiger partial charge in [-0.1, -0.05) is 5.21 Å². The Morgan fingerprint density at radius 1 is 1.55 bits per heavy atom. The lowest BCUT2D eigenvalue weighted by Crippen LogP contribution is -2.50. The van der Waals surface area contributed by atoms with Crippen LogP contribution in [0.1, 0.15) is 42.7 Å². The molecule has 1 aliphatic rings. The number of carbonyl (C=O) groups excluding carboxylic acids is 1. The number of rotatable bonds is 6. The summed E-state index contributed by atoms with van der Waals surface area (Å²) in [5.74, 6) is -0.986. The van der Waals surface area contributed by atoms with Gasteiger partial charge in [0.2, 0.25) is 5.91 Å². The van der Waals surface area contributed by atoms with Gasteiger partial charge in [0.15, 0.2) is 5.69 Å². The van der Waals surface area contributed by atoms with Crippen molar-refractivity contribution in [3.8, 4) is 0 Å². The van der Waals surface area contributed by atoms with Crippen LogP contribution in [0.2, 0.25) is 0 Å². The first-order chi connectivity index (χ1) is 9.47. The summed E-state index contributed by atoms with van der Waals surface area (Å²) in [6, 6.07) is 0.143. The number of nitrogens with two attached hydrogens (primary N) is 1. The van der Waals surface area contributed by atoms with Crippen LogP contribution in [0, 0.1) is 0 Å². The molecule has 1 unspecified atom stereocenters. The van der Waals surface area contributed by atoms with Crippen molar-refractivity contribution in [3.63, 3.8) is 0 Å². The smallest absolute Gasteiger partial charge is 0.358 e. The van der Waals surface area contributed by atoms with Crippen LogP contribution in [-0.4, -0.2) is 56.0 Å². The highest BCUT2D eigenvalue weighted by molar-refractivity contribution is 5.84. The van der Waals surface area contributed by atoms with E-state index in [4.69, 9.17) is 10.8 Å². The second-order valence-corrected chi connectivity index (χ2v) is 5.21. The Morgan fingerprint density at radius 3 is 2.80 bits per heavy atom. The third kappa shape index (κ3) is 3.32. The molecule has 2 heterocycles. The van der Waals surface area contributed by atoms with Crippen molar-refractivity contribution in [1.82, 2.24) is 19.9 Å². The first-order valence-corrected chi connectivity index (χ1v) is 6.66. The molecule has 2 rings (SSSR count). The number of nitrogens with zero attached hydrogens (tertiary/aromatic N) is 4. The lowest BCUT2D eigenvalue weighted by Gasteiger charge is -2.39. The van der Waals surface area contributed by atoms with Crippen molar-refractivity contribution < 1.29 is 14.7 Å². The number of carboxylic acid groups (broad SMARTS) is 1. The van der Waals surface area contributed by atoms with Gasteiger partial charge in [0.05, 0.1) is 12.2 Å². The normalized spacial score (nSPS) is 16.8. The molecule has 1 aromatic rings. The van der Waals surface area contributed by atoms with Crippen LogP contribution in [-0.2, 0) is 4.79 Å². The molecule has 8 nitrogen and oxygen atoms in total. The Kier molecular flexibility index (Phi) is 4.33. The van der Waals surface area contributed by atoms with E-state index in [0.29, 0.717) is 19.5 Å².